The molecule has 1 atom stereocenters. The zero-order valence-corrected chi connectivity index (χ0v) is 14.6. The van der Waals surface area contributed by atoms with Gasteiger partial charge in [0.2, 0.25) is 0 Å². The number of fused-ring (bicyclic) bond motifs is 2. The number of benzene rings is 1. The molecule has 26 heavy (non-hydrogen) atoms. The van der Waals surface area contributed by atoms with E-state index in [0.29, 0.717) is 5.49 Å². The second kappa shape index (κ2) is 6.13. The monoisotopic (exact) mass is 349 g/mol. The van der Waals surface area contributed by atoms with Crippen LogP contribution in [0.2, 0.25) is 0 Å². The van der Waals surface area contributed by atoms with E-state index in [1.54, 1.807) is 25.2 Å². The normalized spacial score (nSPS) is 22.3. The fourth-order valence-electron chi connectivity index (χ4n) is 3.55. The molecule has 1 aliphatic heterocycles. The summed E-state index contributed by atoms with van der Waals surface area (Å²) in [7, 11) is -0.774. The van der Waals surface area contributed by atoms with Crippen molar-refractivity contribution in [2.45, 2.75) is 12.5 Å². The fraction of sp³-hybridized carbons (Fsp3) is 0.150. The molecule has 0 saturated carbocycles. The van der Waals surface area contributed by atoms with Gasteiger partial charge in [0, 0.05) is 12.6 Å². The van der Waals surface area contributed by atoms with Crippen LogP contribution >= 0.6 is 0 Å². The number of aromatic nitrogens is 1. The van der Waals surface area contributed by atoms with Crippen LogP contribution in [0.3, 0.4) is 0 Å². The van der Waals surface area contributed by atoms with Gasteiger partial charge in [-0.1, -0.05) is 48.6 Å². The summed E-state index contributed by atoms with van der Waals surface area (Å²) in [6.07, 6.45) is 10.8. The first-order valence-electron chi connectivity index (χ1n) is 8.46. The Morgan fingerprint density at radius 2 is 1.85 bits per heavy atom. The number of aryl methyl sites for hydroxylation is 1. The largest absolute Gasteiger partial charge is 0.675 e. The zero-order chi connectivity index (χ0) is 18.3. The highest BCUT2D eigenvalue weighted by atomic mass is 19.2. The molecule has 3 nitrogen and oxygen atoms in total. The van der Waals surface area contributed by atoms with Gasteiger partial charge >= 0.3 is 7.40 Å². The Morgan fingerprint density at radius 3 is 2.65 bits per heavy atom. The molecule has 0 radical (unpaired) electrons. The van der Waals surface area contributed by atoms with Crippen LogP contribution in [-0.2, 0) is 7.05 Å². The first-order chi connectivity index (χ1) is 12.5. The minimum absolute atomic E-state index is 0.247. The van der Waals surface area contributed by atoms with E-state index in [1.807, 2.05) is 66.2 Å². The predicted molar refractivity (Wildman–Crippen MR) is 101 cm³/mol. The second-order valence-electron chi connectivity index (χ2n) is 6.58. The smallest absolute Gasteiger partial charge is 0.329 e. The van der Waals surface area contributed by atoms with E-state index in [1.165, 1.54) is 0 Å². The Morgan fingerprint density at radius 1 is 1.04 bits per heavy atom. The molecule has 0 saturated heterocycles. The van der Waals surface area contributed by atoms with Gasteiger partial charge in [-0.15, -0.1) is 0 Å². The number of pyridine rings is 1. The summed E-state index contributed by atoms with van der Waals surface area (Å²) >= 11 is 0. The van der Waals surface area contributed by atoms with Crippen molar-refractivity contribution in [1.29, 1.82) is 0 Å². The fourth-order valence-corrected chi connectivity index (χ4v) is 3.55. The van der Waals surface area contributed by atoms with Crippen LogP contribution in [0.5, 0.6) is 0 Å². The molecule has 1 unspecified atom stereocenters. The number of rotatable bonds is 2. The van der Waals surface area contributed by atoms with Crippen molar-refractivity contribution in [3.63, 3.8) is 0 Å². The second-order valence-corrected chi connectivity index (χ2v) is 6.58. The summed E-state index contributed by atoms with van der Waals surface area (Å²) in [4.78, 5) is 5.64. The van der Waals surface area contributed by atoms with Crippen molar-refractivity contribution >= 4 is 18.3 Å². The number of para-hydroxylation sites is 1. The molecule has 2 aromatic rings. The third-order valence-corrected chi connectivity index (χ3v) is 5.03. The standard InChI is InChI=1S/C20H18BF2N3/c1-20-14-6-5-8-16(20)11-13-19(26(20)21(22)23)24-18-12-10-15-7-3-4-9-17(15)25(18)2/h3-14H,1-2H3. The number of hydrogen-bond acceptors (Lipinski definition) is 2. The van der Waals surface area contributed by atoms with Crippen LogP contribution in [0.15, 0.2) is 89.2 Å². The van der Waals surface area contributed by atoms with E-state index in [9.17, 15) is 8.63 Å². The molecule has 1 aromatic heterocycles. The first kappa shape index (κ1) is 16.6. The van der Waals surface area contributed by atoms with E-state index < -0.39 is 12.9 Å². The van der Waals surface area contributed by atoms with Gasteiger partial charge in [-0.2, -0.15) is 0 Å². The van der Waals surface area contributed by atoms with Gasteiger partial charge in [0.1, 0.15) is 11.3 Å². The van der Waals surface area contributed by atoms with Crippen molar-refractivity contribution in [3.05, 3.63) is 89.7 Å². The molecule has 0 fully saturated rings. The SMILES string of the molecule is Cn1c(=NC2=CC=C3C=CC=CC3(C)N2B(F)F)ccc2ccccc21. The quantitative estimate of drug-likeness (QED) is 0.752. The minimum Gasteiger partial charge on any atom is -0.329 e. The van der Waals surface area contributed by atoms with Crippen LogP contribution in [0.1, 0.15) is 6.92 Å². The summed E-state index contributed by atoms with van der Waals surface area (Å²) < 4.78 is 29.9. The highest BCUT2D eigenvalue weighted by Gasteiger charge is 2.44. The lowest BCUT2D eigenvalue weighted by molar-refractivity contribution is 0.305. The van der Waals surface area contributed by atoms with E-state index in [0.717, 1.165) is 21.3 Å². The third kappa shape index (κ3) is 2.53. The van der Waals surface area contributed by atoms with Gasteiger partial charge in [0.25, 0.3) is 0 Å². The predicted octanol–water partition coefficient (Wildman–Crippen LogP) is 3.97. The molecule has 2 aliphatic rings. The average Bonchev–Trinajstić information content (AvgIpc) is 2.63. The van der Waals surface area contributed by atoms with Crippen molar-refractivity contribution in [2.24, 2.45) is 12.0 Å². The van der Waals surface area contributed by atoms with Gasteiger partial charge < -0.3 is 9.38 Å². The number of allylic oxidation sites excluding steroid dienone is 4. The van der Waals surface area contributed by atoms with E-state index in [2.05, 4.69) is 4.99 Å². The van der Waals surface area contributed by atoms with Crippen molar-refractivity contribution in [3.8, 4) is 0 Å². The van der Waals surface area contributed by atoms with Gasteiger partial charge in [-0.25, -0.2) is 4.99 Å². The highest BCUT2D eigenvalue weighted by Crippen LogP contribution is 2.37. The maximum atomic E-state index is 14.0. The van der Waals surface area contributed by atoms with Crippen molar-refractivity contribution < 1.29 is 8.63 Å². The number of hydrogen-bond donors (Lipinski definition) is 0. The highest BCUT2D eigenvalue weighted by molar-refractivity contribution is 6.40. The lowest BCUT2D eigenvalue weighted by Gasteiger charge is -2.43. The van der Waals surface area contributed by atoms with E-state index in [4.69, 9.17) is 0 Å². The molecular weight excluding hydrogens is 331 g/mol. The maximum Gasteiger partial charge on any atom is 0.675 e. The topological polar surface area (TPSA) is 20.5 Å². The lowest BCUT2D eigenvalue weighted by Crippen LogP contribution is -2.52. The molecule has 2 heterocycles. The summed E-state index contributed by atoms with van der Waals surface area (Å²) in [6, 6.07) is 11.7. The van der Waals surface area contributed by atoms with Gasteiger partial charge in [-0.3, -0.25) is 8.63 Å². The average molecular weight is 349 g/mol. The van der Waals surface area contributed by atoms with Gasteiger partial charge in [0.05, 0.1) is 5.54 Å². The Hall–Kier alpha value is -2.89. The Balaban J connectivity index is 1.90. The van der Waals surface area contributed by atoms with Crippen LogP contribution in [0.25, 0.3) is 10.9 Å². The van der Waals surface area contributed by atoms with Crippen LogP contribution in [0.4, 0.5) is 8.63 Å². The maximum absolute atomic E-state index is 14.0. The molecule has 130 valence electrons. The van der Waals surface area contributed by atoms with E-state index in [-0.39, 0.29) is 5.82 Å². The molecule has 1 aromatic carbocycles. The van der Waals surface area contributed by atoms with Crippen molar-refractivity contribution in [2.75, 3.05) is 0 Å². The van der Waals surface area contributed by atoms with Crippen LogP contribution in [-0.4, -0.2) is 22.3 Å². The Bertz CT molecular complexity index is 1060. The Kier molecular flexibility index (Phi) is 3.91. The van der Waals surface area contributed by atoms with Crippen LogP contribution < -0.4 is 5.49 Å². The molecular formula is C20H18BF2N3. The number of nitrogens with zero attached hydrogens (tertiary/aromatic N) is 3. The molecule has 0 bridgehead atoms. The number of halogens is 2. The van der Waals surface area contributed by atoms with E-state index >= 15 is 0 Å². The third-order valence-electron chi connectivity index (χ3n) is 5.03. The molecule has 6 heteroatoms. The minimum atomic E-state index is -2.67. The molecule has 0 N–H and O–H groups in total. The van der Waals surface area contributed by atoms with Gasteiger partial charge in [0.15, 0.2) is 0 Å². The molecule has 0 spiro atoms. The molecule has 0 amide bonds. The molecule has 1 aliphatic carbocycles. The summed E-state index contributed by atoms with van der Waals surface area (Å²) in [5.41, 5.74) is 1.53. The zero-order valence-electron chi connectivity index (χ0n) is 14.6. The van der Waals surface area contributed by atoms with Crippen molar-refractivity contribution in [1.82, 2.24) is 9.38 Å². The lowest BCUT2D eigenvalue weighted by atomic mass is 9.80. The Labute approximate surface area is 151 Å². The van der Waals surface area contributed by atoms with Gasteiger partial charge in [-0.05, 0) is 42.2 Å². The van der Waals surface area contributed by atoms with Crippen LogP contribution in [0, 0.1) is 0 Å². The summed E-state index contributed by atoms with van der Waals surface area (Å²) in [6.45, 7) is 1.79. The summed E-state index contributed by atoms with van der Waals surface area (Å²) in [5.74, 6) is 0.247. The first-order valence-corrected chi connectivity index (χ1v) is 8.46. The summed E-state index contributed by atoms with van der Waals surface area (Å²) in [5, 5.41) is 1.08. The molecule has 4 rings (SSSR count).